The predicted molar refractivity (Wildman–Crippen MR) is 103 cm³/mol. The Hall–Kier alpha value is -1.92. The molecule has 0 aliphatic carbocycles. The van der Waals surface area contributed by atoms with Gasteiger partial charge in [-0.2, -0.15) is 0 Å². The molecule has 148 valence electrons. The molecule has 0 unspecified atom stereocenters. The molecule has 0 N–H and O–H groups in total. The van der Waals surface area contributed by atoms with E-state index in [9.17, 15) is 9.59 Å². The summed E-state index contributed by atoms with van der Waals surface area (Å²) >= 11 is 0. The van der Waals surface area contributed by atoms with E-state index in [0.717, 1.165) is 65.1 Å². The van der Waals surface area contributed by atoms with Gasteiger partial charge in [0, 0.05) is 26.2 Å². The van der Waals surface area contributed by atoms with Crippen LogP contribution in [0.25, 0.3) is 0 Å². The summed E-state index contributed by atoms with van der Waals surface area (Å²) in [6.45, 7) is 5.45. The highest BCUT2D eigenvalue weighted by molar-refractivity contribution is 5.89. The van der Waals surface area contributed by atoms with Crippen molar-refractivity contribution in [2.45, 2.75) is 25.7 Å². The third kappa shape index (κ3) is 5.78. The van der Waals surface area contributed by atoms with Crippen molar-refractivity contribution in [2.24, 2.45) is 5.92 Å². The van der Waals surface area contributed by atoms with E-state index < -0.39 is 0 Å². The number of carbonyl (C=O) groups excluding carboxylic acids is 2. The number of benzene rings is 1. The zero-order chi connectivity index (χ0) is 19.1. The molecule has 1 aromatic rings. The molecule has 0 radical (unpaired) electrons. The summed E-state index contributed by atoms with van der Waals surface area (Å²) in [6, 6.07) is 7.67. The second-order valence-electron chi connectivity index (χ2n) is 7.44. The van der Waals surface area contributed by atoms with Crippen LogP contribution in [0.3, 0.4) is 0 Å². The van der Waals surface area contributed by atoms with Gasteiger partial charge in [-0.25, -0.2) is 4.79 Å². The monoisotopic (exact) mass is 374 g/mol. The average Bonchev–Trinajstić information content (AvgIpc) is 2.73. The average molecular weight is 374 g/mol. The fourth-order valence-electron chi connectivity index (χ4n) is 3.82. The summed E-state index contributed by atoms with van der Waals surface area (Å²) in [4.78, 5) is 28.2. The Labute approximate surface area is 161 Å². The van der Waals surface area contributed by atoms with Crippen LogP contribution in [0.1, 0.15) is 35.2 Å². The van der Waals surface area contributed by atoms with Gasteiger partial charge in [0.1, 0.15) is 0 Å². The molecule has 2 fully saturated rings. The largest absolute Gasteiger partial charge is 0.465 e. The minimum absolute atomic E-state index is 0.258. The molecule has 1 aromatic carbocycles. The molecule has 0 spiro atoms. The molecule has 27 heavy (non-hydrogen) atoms. The number of rotatable bonds is 6. The summed E-state index contributed by atoms with van der Waals surface area (Å²) < 4.78 is 10.1. The van der Waals surface area contributed by atoms with Crippen LogP contribution < -0.4 is 0 Å². The SMILES string of the molecule is COC(=O)c1ccc(CCC2CCN(C(=O)CN3CCOCC3)CC2)cc1. The van der Waals surface area contributed by atoms with Crippen LogP contribution in [-0.2, 0) is 20.7 Å². The number of amides is 1. The van der Waals surface area contributed by atoms with E-state index in [1.54, 1.807) is 0 Å². The van der Waals surface area contributed by atoms with E-state index >= 15 is 0 Å². The highest BCUT2D eigenvalue weighted by Crippen LogP contribution is 2.23. The number of aryl methyl sites for hydroxylation is 1. The first kappa shape index (κ1) is 19.8. The number of hydrogen-bond acceptors (Lipinski definition) is 5. The van der Waals surface area contributed by atoms with Crippen molar-refractivity contribution in [3.8, 4) is 0 Å². The summed E-state index contributed by atoms with van der Waals surface area (Å²) in [6.07, 6.45) is 4.29. The Kier molecular flexibility index (Phi) is 7.24. The third-order valence-corrected chi connectivity index (χ3v) is 5.65. The van der Waals surface area contributed by atoms with Gasteiger partial charge >= 0.3 is 5.97 Å². The van der Waals surface area contributed by atoms with Gasteiger partial charge in [0.05, 0.1) is 32.4 Å². The molecule has 2 aliphatic rings. The minimum atomic E-state index is -0.296. The fourth-order valence-corrected chi connectivity index (χ4v) is 3.82. The fraction of sp³-hybridized carbons (Fsp3) is 0.619. The van der Waals surface area contributed by atoms with Crippen molar-refractivity contribution in [2.75, 3.05) is 53.0 Å². The number of hydrogen-bond donors (Lipinski definition) is 0. The number of ether oxygens (including phenoxy) is 2. The maximum Gasteiger partial charge on any atom is 0.337 e. The third-order valence-electron chi connectivity index (χ3n) is 5.65. The van der Waals surface area contributed by atoms with Crippen LogP contribution in [0.2, 0.25) is 0 Å². The van der Waals surface area contributed by atoms with E-state index in [4.69, 9.17) is 9.47 Å². The van der Waals surface area contributed by atoms with Gasteiger partial charge in [-0.05, 0) is 49.3 Å². The number of piperidine rings is 1. The molecular formula is C21H30N2O4. The summed E-state index contributed by atoms with van der Waals surface area (Å²) in [7, 11) is 1.40. The topological polar surface area (TPSA) is 59.1 Å². The van der Waals surface area contributed by atoms with Gasteiger partial charge < -0.3 is 14.4 Å². The molecule has 6 nitrogen and oxygen atoms in total. The summed E-state index contributed by atoms with van der Waals surface area (Å²) in [5.74, 6) is 0.627. The second kappa shape index (κ2) is 9.85. The van der Waals surface area contributed by atoms with Gasteiger partial charge in [-0.3, -0.25) is 9.69 Å². The molecule has 0 saturated carbocycles. The molecule has 1 amide bonds. The highest BCUT2D eigenvalue weighted by atomic mass is 16.5. The molecule has 0 aromatic heterocycles. The lowest BCUT2D eigenvalue weighted by atomic mass is 9.90. The normalized spacial score (nSPS) is 19.1. The van der Waals surface area contributed by atoms with Crippen molar-refractivity contribution >= 4 is 11.9 Å². The standard InChI is InChI=1S/C21H30N2O4/c1-26-21(25)19-6-4-17(5-7-19)2-3-18-8-10-23(11-9-18)20(24)16-22-12-14-27-15-13-22/h4-7,18H,2-3,8-16H2,1H3. The smallest absolute Gasteiger partial charge is 0.337 e. The van der Waals surface area contributed by atoms with Crippen LogP contribution in [-0.4, -0.2) is 74.7 Å². The van der Waals surface area contributed by atoms with E-state index in [1.165, 1.54) is 12.7 Å². The van der Waals surface area contributed by atoms with Crippen LogP contribution in [0.4, 0.5) is 0 Å². The molecule has 6 heteroatoms. The Bertz CT molecular complexity index is 618. The highest BCUT2D eigenvalue weighted by Gasteiger charge is 2.24. The van der Waals surface area contributed by atoms with Crippen molar-refractivity contribution in [1.29, 1.82) is 0 Å². The van der Waals surface area contributed by atoms with E-state index in [1.807, 2.05) is 29.2 Å². The van der Waals surface area contributed by atoms with Crippen molar-refractivity contribution in [3.63, 3.8) is 0 Å². The number of esters is 1. The van der Waals surface area contributed by atoms with Crippen LogP contribution in [0.15, 0.2) is 24.3 Å². The van der Waals surface area contributed by atoms with Gasteiger partial charge in [0.25, 0.3) is 0 Å². The lowest BCUT2D eigenvalue weighted by Crippen LogP contribution is -2.47. The molecule has 2 heterocycles. The number of methoxy groups -OCH3 is 1. The molecule has 2 saturated heterocycles. The van der Waals surface area contributed by atoms with Crippen LogP contribution in [0, 0.1) is 5.92 Å². The van der Waals surface area contributed by atoms with Gasteiger partial charge in [0.2, 0.25) is 5.91 Å². The second-order valence-corrected chi connectivity index (χ2v) is 7.44. The molecule has 2 aliphatic heterocycles. The van der Waals surface area contributed by atoms with Gasteiger partial charge in [-0.15, -0.1) is 0 Å². The van der Waals surface area contributed by atoms with Gasteiger partial charge in [0.15, 0.2) is 0 Å². The minimum Gasteiger partial charge on any atom is -0.465 e. The molecule has 0 atom stereocenters. The first-order valence-electron chi connectivity index (χ1n) is 9.91. The zero-order valence-electron chi connectivity index (χ0n) is 16.2. The van der Waals surface area contributed by atoms with E-state index in [-0.39, 0.29) is 11.9 Å². The summed E-state index contributed by atoms with van der Waals surface area (Å²) in [5.41, 5.74) is 1.84. The van der Waals surface area contributed by atoms with E-state index in [0.29, 0.717) is 18.0 Å². The Morgan fingerprint density at radius 2 is 1.74 bits per heavy atom. The van der Waals surface area contributed by atoms with E-state index in [2.05, 4.69) is 4.90 Å². The lowest BCUT2D eigenvalue weighted by molar-refractivity contribution is -0.134. The van der Waals surface area contributed by atoms with Crippen LogP contribution >= 0.6 is 0 Å². The lowest BCUT2D eigenvalue weighted by Gasteiger charge is -2.34. The predicted octanol–water partition coefficient (Wildman–Crippen LogP) is 1.98. The van der Waals surface area contributed by atoms with Gasteiger partial charge in [-0.1, -0.05) is 12.1 Å². The Morgan fingerprint density at radius 3 is 2.37 bits per heavy atom. The molecule has 3 rings (SSSR count). The molecular weight excluding hydrogens is 344 g/mol. The Morgan fingerprint density at radius 1 is 1.07 bits per heavy atom. The van der Waals surface area contributed by atoms with Crippen LogP contribution in [0.5, 0.6) is 0 Å². The Balaban J connectivity index is 1.37. The maximum absolute atomic E-state index is 12.5. The first-order valence-corrected chi connectivity index (χ1v) is 9.91. The molecule has 0 bridgehead atoms. The number of nitrogens with zero attached hydrogens (tertiary/aromatic N) is 2. The van der Waals surface area contributed by atoms with Crippen molar-refractivity contribution in [1.82, 2.24) is 9.80 Å². The quantitative estimate of drug-likeness (QED) is 0.713. The first-order chi connectivity index (χ1) is 13.2. The number of carbonyl (C=O) groups is 2. The number of morpholine rings is 1. The summed E-state index contributed by atoms with van der Waals surface area (Å²) in [5, 5.41) is 0. The van der Waals surface area contributed by atoms with Crippen molar-refractivity contribution in [3.05, 3.63) is 35.4 Å². The number of likely N-dealkylation sites (tertiary alicyclic amines) is 1. The zero-order valence-corrected chi connectivity index (χ0v) is 16.2. The van der Waals surface area contributed by atoms with Crippen molar-refractivity contribution < 1.29 is 19.1 Å². The maximum atomic E-state index is 12.5.